The van der Waals surface area contributed by atoms with Crippen LogP contribution in [0.25, 0.3) is 0 Å². The molecule has 0 aliphatic rings. The summed E-state index contributed by atoms with van der Waals surface area (Å²) in [6.07, 6.45) is 0. The van der Waals surface area contributed by atoms with E-state index < -0.39 is 0 Å². The number of halogens is 4. The van der Waals surface area contributed by atoms with Crippen molar-refractivity contribution in [1.29, 1.82) is 0 Å². The molecule has 0 radical (unpaired) electrons. The standard InChI is InChI=1S/C7H6O2.4ClH.V/c8-7(9)6-4-2-1-3-5-6;;;;;/h1-5H,(H,8,9);4*1H;/q;;;;;+5/p-5. The third kappa shape index (κ3) is 7.80. The molecule has 2 nitrogen and oxygen atoms in total. The van der Waals surface area contributed by atoms with Gasteiger partial charge in [0, 0.05) is 0 Å². The van der Waals surface area contributed by atoms with Crippen molar-refractivity contribution in [3.8, 4) is 0 Å². The number of carbonyl (C=O) groups excluding carboxylic acids is 1. The fourth-order valence-corrected chi connectivity index (χ4v) is 0.792. The molecule has 0 N–H and O–H groups in total. The monoisotopic (exact) mass is 312 g/mol. The first-order chi connectivity index (χ1) is 4.84. The Kier molecular flexibility index (Phi) is 23.0. The normalized spacial score (nSPS) is 6.43. The SMILES string of the molecule is O=C([O][V+4])c1ccccc1.[Cl-].[Cl-].[Cl-].[Cl-]. The second-order valence-corrected chi connectivity index (χ2v) is 2.03. The van der Waals surface area contributed by atoms with E-state index in [1.165, 1.54) is 0 Å². The van der Waals surface area contributed by atoms with Gasteiger partial charge in [-0.25, -0.2) is 0 Å². The van der Waals surface area contributed by atoms with E-state index in [4.69, 9.17) is 0 Å². The molecular formula is C7H5Cl4O2V. The van der Waals surface area contributed by atoms with E-state index in [1.807, 2.05) is 6.07 Å². The number of carbonyl (C=O) groups is 1. The number of benzene rings is 1. The molecule has 1 aromatic carbocycles. The molecular weight excluding hydrogens is 309 g/mol. The molecule has 0 aromatic heterocycles. The van der Waals surface area contributed by atoms with Gasteiger partial charge in [-0.3, -0.25) is 0 Å². The summed E-state index contributed by atoms with van der Waals surface area (Å²) >= 11 is 1.78. The Labute approximate surface area is 117 Å². The summed E-state index contributed by atoms with van der Waals surface area (Å²) in [7, 11) is 0. The van der Waals surface area contributed by atoms with Crippen LogP contribution >= 0.6 is 0 Å². The van der Waals surface area contributed by atoms with E-state index in [9.17, 15) is 4.79 Å². The molecule has 1 rings (SSSR count). The minimum absolute atomic E-state index is 0. The Bertz CT molecular complexity index is 232. The number of hydrogen-bond acceptors (Lipinski definition) is 2. The van der Waals surface area contributed by atoms with E-state index in [2.05, 4.69) is 3.66 Å². The van der Waals surface area contributed by atoms with E-state index >= 15 is 0 Å². The second kappa shape index (κ2) is 13.4. The smallest absolute Gasteiger partial charge is 1.00 e. The maximum Gasteiger partial charge on any atom is -1.00 e. The summed E-state index contributed by atoms with van der Waals surface area (Å²) in [6, 6.07) is 8.84. The molecule has 0 aliphatic heterocycles. The van der Waals surface area contributed by atoms with Crippen molar-refractivity contribution in [1.82, 2.24) is 0 Å². The maximum atomic E-state index is 10.8. The zero-order chi connectivity index (χ0) is 7.40. The minimum Gasteiger partial charge on any atom is -1.00 e. The maximum absolute atomic E-state index is 10.8. The summed E-state index contributed by atoms with van der Waals surface area (Å²) in [5.41, 5.74) is 0.572. The van der Waals surface area contributed by atoms with Gasteiger partial charge in [0.05, 0.1) is 0 Å². The van der Waals surface area contributed by atoms with Gasteiger partial charge in [-0.2, -0.15) is 0 Å². The molecule has 14 heavy (non-hydrogen) atoms. The van der Waals surface area contributed by atoms with Gasteiger partial charge in [-0.05, 0) is 0 Å². The molecule has 0 aliphatic carbocycles. The zero-order valence-corrected chi connectivity index (χ0v) is 11.1. The van der Waals surface area contributed by atoms with Crippen molar-refractivity contribution in [3.05, 3.63) is 35.9 Å². The van der Waals surface area contributed by atoms with Crippen LogP contribution < -0.4 is 49.6 Å². The third-order valence-electron chi connectivity index (χ3n) is 1.09. The number of rotatable bonds is 1. The van der Waals surface area contributed by atoms with Crippen LogP contribution in [-0.2, 0) is 21.4 Å². The van der Waals surface area contributed by atoms with Crippen molar-refractivity contribution in [2.75, 3.05) is 0 Å². The Hall–Kier alpha value is 0.434. The first-order valence-electron chi connectivity index (χ1n) is 2.75. The second-order valence-electron chi connectivity index (χ2n) is 1.74. The average molecular weight is 314 g/mol. The average Bonchev–Trinajstić information content (AvgIpc) is 2.05. The fraction of sp³-hybridized carbons (Fsp3) is 0. The Morgan fingerprint density at radius 1 is 1.00 bits per heavy atom. The Morgan fingerprint density at radius 2 is 1.43 bits per heavy atom. The quantitative estimate of drug-likeness (QED) is 0.515. The van der Waals surface area contributed by atoms with Crippen LogP contribution in [0.5, 0.6) is 0 Å². The van der Waals surface area contributed by atoms with E-state index in [0.717, 1.165) is 0 Å². The summed E-state index contributed by atoms with van der Waals surface area (Å²) in [5, 5.41) is 0. The molecule has 0 heterocycles. The molecule has 0 spiro atoms. The third-order valence-corrected chi connectivity index (χ3v) is 1.35. The van der Waals surface area contributed by atoms with Crippen molar-refractivity contribution in [2.24, 2.45) is 0 Å². The molecule has 0 amide bonds. The van der Waals surface area contributed by atoms with Crippen LogP contribution in [-0.4, -0.2) is 5.97 Å². The van der Waals surface area contributed by atoms with Crippen LogP contribution in [0.1, 0.15) is 10.4 Å². The van der Waals surface area contributed by atoms with E-state index in [0.29, 0.717) is 5.56 Å². The van der Waals surface area contributed by atoms with Gasteiger partial charge < -0.3 is 49.6 Å². The van der Waals surface area contributed by atoms with Gasteiger partial charge >= 0.3 is 68.1 Å². The van der Waals surface area contributed by atoms with Crippen molar-refractivity contribution in [3.63, 3.8) is 0 Å². The van der Waals surface area contributed by atoms with Gasteiger partial charge in [0.15, 0.2) is 0 Å². The van der Waals surface area contributed by atoms with Crippen molar-refractivity contribution in [2.45, 2.75) is 0 Å². The van der Waals surface area contributed by atoms with E-state index in [-0.39, 0.29) is 55.6 Å². The van der Waals surface area contributed by atoms with Crippen LogP contribution in [0.4, 0.5) is 0 Å². The molecule has 78 valence electrons. The Balaban J connectivity index is -0.000000125. The molecule has 0 unspecified atom stereocenters. The van der Waals surface area contributed by atoms with Gasteiger partial charge in [-0.1, -0.05) is 0 Å². The van der Waals surface area contributed by atoms with Crippen LogP contribution in [0.3, 0.4) is 0 Å². The van der Waals surface area contributed by atoms with Crippen molar-refractivity contribution >= 4 is 5.97 Å². The van der Waals surface area contributed by atoms with Gasteiger partial charge in [0.1, 0.15) is 0 Å². The molecule has 0 saturated carbocycles. The zero-order valence-electron chi connectivity index (χ0n) is 6.66. The molecule has 0 atom stereocenters. The molecule has 7 heteroatoms. The summed E-state index contributed by atoms with van der Waals surface area (Å²) in [5.74, 6) is -0.319. The van der Waals surface area contributed by atoms with Gasteiger partial charge in [0.2, 0.25) is 0 Å². The molecule has 1 aromatic rings. The Morgan fingerprint density at radius 3 is 1.79 bits per heavy atom. The fourth-order valence-electron chi connectivity index (χ4n) is 0.627. The summed E-state index contributed by atoms with van der Waals surface area (Å²) in [4.78, 5) is 10.8. The number of hydrogen-bond donors (Lipinski definition) is 0. The summed E-state index contributed by atoms with van der Waals surface area (Å²) < 4.78 is 4.43. The van der Waals surface area contributed by atoms with Gasteiger partial charge in [0.25, 0.3) is 0 Å². The molecule has 0 saturated heterocycles. The predicted octanol–water partition coefficient (Wildman–Crippen LogP) is -10.7. The molecule has 0 bridgehead atoms. The van der Waals surface area contributed by atoms with Crippen molar-refractivity contribution < 1.29 is 75.9 Å². The largest absolute Gasteiger partial charge is 1.00 e. The van der Waals surface area contributed by atoms with Crippen LogP contribution in [0, 0.1) is 0 Å². The van der Waals surface area contributed by atoms with Crippen LogP contribution in [0.15, 0.2) is 30.3 Å². The summed E-state index contributed by atoms with van der Waals surface area (Å²) in [6.45, 7) is 0. The first kappa shape index (κ1) is 23.9. The molecule has 0 fully saturated rings. The van der Waals surface area contributed by atoms with Gasteiger partial charge in [-0.15, -0.1) is 0 Å². The predicted molar refractivity (Wildman–Crippen MR) is 31.9 cm³/mol. The van der Waals surface area contributed by atoms with E-state index in [1.54, 1.807) is 42.0 Å². The van der Waals surface area contributed by atoms with Crippen LogP contribution in [0.2, 0.25) is 0 Å². The first-order valence-corrected chi connectivity index (χ1v) is 3.32. The topological polar surface area (TPSA) is 26.3 Å². The minimum atomic E-state index is -0.319.